The molecule has 0 aliphatic carbocycles. The Kier molecular flexibility index (Phi) is 5.31. The van der Waals surface area contributed by atoms with Gasteiger partial charge in [0.05, 0.1) is 0 Å². The lowest BCUT2D eigenvalue weighted by atomic mass is 9.73. The largest absolute Gasteiger partial charge is 0.343 e. The predicted molar refractivity (Wildman–Crippen MR) is 92.2 cm³/mol. The topological polar surface area (TPSA) is 36.4 Å². The lowest BCUT2D eigenvalue weighted by Gasteiger charge is -2.40. The number of aromatic nitrogens is 1. The quantitative estimate of drug-likeness (QED) is 0.860. The molecule has 126 valence electrons. The van der Waals surface area contributed by atoms with Crippen molar-refractivity contribution in [2.24, 2.45) is 5.41 Å². The Labute approximate surface area is 139 Å². The third-order valence-electron chi connectivity index (χ3n) is 5.80. The van der Waals surface area contributed by atoms with Crippen molar-refractivity contribution >= 4 is 5.91 Å². The smallest absolute Gasteiger partial charge is 0.222 e. The first-order valence-electron chi connectivity index (χ1n) is 9.02. The molecule has 0 saturated carbocycles. The molecule has 1 spiro atoms. The number of aryl methyl sites for hydroxylation is 1. The molecule has 2 saturated heterocycles. The zero-order chi connectivity index (χ0) is 16.1. The molecule has 23 heavy (non-hydrogen) atoms. The van der Waals surface area contributed by atoms with Crippen LogP contribution in [0.25, 0.3) is 0 Å². The summed E-state index contributed by atoms with van der Waals surface area (Å²) < 4.78 is 0. The molecule has 3 heterocycles. The molecule has 1 aromatic heterocycles. The summed E-state index contributed by atoms with van der Waals surface area (Å²) in [6, 6.07) is 3.99. The first-order chi connectivity index (χ1) is 11.2. The number of nitrogens with zero attached hydrogens (tertiary/aromatic N) is 3. The number of amides is 1. The second-order valence-electron chi connectivity index (χ2n) is 7.40. The second kappa shape index (κ2) is 7.43. The highest BCUT2D eigenvalue weighted by Gasteiger charge is 2.35. The van der Waals surface area contributed by atoms with Gasteiger partial charge in [0.15, 0.2) is 0 Å². The Morgan fingerprint density at radius 1 is 1.17 bits per heavy atom. The van der Waals surface area contributed by atoms with Crippen LogP contribution in [0.15, 0.2) is 24.5 Å². The molecule has 1 amide bonds. The third kappa shape index (κ3) is 4.31. The van der Waals surface area contributed by atoms with Gasteiger partial charge in [-0.3, -0.25) is 9.78 Å². The van der Waals surface area contributed by atoms with Gasteiger partial charge in [0.2, 0.25) is 5.91 Å². The number of pyridine rings is 1. The van der Waals surface area contributed by atoms with Gasteiger partial charge >= 0.3 is 0 Å². The Morgan fingerprint density at radius 2 is 1.96 bits per heavy atom. The van der Waals surface area contributed by atoms with Crippen molar-refractivity contribution in [2.45, 2.75) is 44.9 Å². The molecule has 0 radical (unpaired) electrons. The van der Waals surface area contributed by atoms with Crippen LogP contribution in [0.4, 0.5) is 0 Å². The molecule has 0 bridgehead atoms. The van der Waals surface area contributed by atoms with Crippen molar-refractivity contribution in [2.75, 3.05) is 33.2 Å². The lowest BCUT2D eigenvalue weighted by Crippen LogP contribution is -2.39. The maximum Gasteiger partial charge on any atom is 0.222 e. The standard InChI is InChI=1S/C19H29N3O/c1-21-13-8-19(9-14-21)7-3-12-22(15-10-19)18(23)6-5-17-4-2-11-20-16-17/h2,4,11,16H,3,5-10,12-15H2,1H3. The van der Waals surface area contributed by atoms with Crippen LogP contribution in [0.2, 0.25) is 0 Å². The molecular formula is C19H29N3O. The molecule has 0 atom stereocenters. The summed E-state index contributed by atoms with van der Waals surface area (Å²) in [5.41, 5.74) is 1.66. The molecule has 2 aliphatic rings. The average Bonchev–Trinajstić information content (AvgIpc) is 2.80. The molecule has 0 aromatic carbocycles. The summed E-state index contributed by atoms with van der Waals surface area (Å²) in [6.45, 7) is 4.34. The van der Waals surface area contributed by atoms with Crippen LogP contribution in [0.5, 0.6) is 0 Å². The summed E-state index contributed by atoms with van der Waals surface area (Å²) in [4.78, 5) is 21.2. The first kappa shape index (κ1) is 16.4. The molecule has 1 aromatic rings. The zero-order valence-electron chi connectivity index (χ0n) is 14.3. The summed E-state index contributed by atoms with van der Waals surface area (Å²) in [7, 11) is 2.22. The zero-order valence-corrected chi connectivity index (χ0v) is 14.3. The molecular weight excluding hydrogens is 286 g/mol. The van der Waals surface area contributed by atoms with E-state index in [1.54, 1.807) is 6.20 Å². The molecule has 4 heteroatoms. The molecule has 0 N–H and O–H groups in total. The van der Waals surface area contributed by atoms with E-state index >= 15 is 0 Å². The second-order valence-corrected chi connectivity index (χ2v) is 7.40. The molecule has 4 nitrogen and oxygen atoms in total. The fraction of sp³-hybridized carbons (Fsp3) is 0.684. The van der Waals surface area contributed by atoms with Crippen LogP contribution in [0, 0.1) is 5.41 Å². The van der Waals surface area contributed by atoms with Gasteiger partial charge in [0.1, 0.15) is 0 Å². The average molecular weight is 315 g/mol. The minimum Gasteiger partial charge on any atom is -0.343 e. The van der Waals surface area contributed by atoms with E-state index in [-0.39, 0.29) is 0 Å². The first-order valence-corrected chi connectivity index (χ1v) is 9.02. The normalized spacial score (nSPS) is 22.0. The fourth-order valence-electron chi connectivity index (χ4n) is 4.05. The Balaban J connectivity index is 1.50. The van der Waals surface area contributed by atoms with Crippen molar-refractivity contribution in [3.63, 3.8) is 0 Å². The summed E-state index contributed by atoms with van der Waals surface area (Å²) >= 11 is 0. The van der Waals surface area contributed by atoms with E-state index in [9.17, 15) is 4.79 Å². The fourth-order valence-corrected chi connectivity index (χ4v) is 4.05. The van der Waals surface area contributed by atoms with Gasteiger partial charge in [-0.25, -0.2) is 0 Å². The van der Waals surface area contributed by atoms with E-state index in [1.807, 2.05) is 12.3 Å². The van der Waals surface area contributed by atoms with Crippen molar-refractivity contribution < 1.29 is 4.79 Å². The van der Waals surface area contributed by atoms with Gasteiger partial charge < -0.3 is 9.80 Å². The van der Waals surface area contributed by atoms with E-state index in [0.717, 1.165) is 25.1 Å². The van der Waals surface area contributed by atoms with Crippen molar-refractivity contribution in [3.8, 4) is 0 Å². The highest BCUT2D eigenvalue weighted by molar-refractivity contribution is 5.76. The monoisotopic (exact) mass is 315 g/mol. The molecule has 3 rings (SSSR count). The third-order valence-corrected chi connectivity index (χ3v) is 5.80. The van der Waals surface area contributed by atoms with Gasteiger partial charge in [-0.15, -0.1) is 0 Å². The number of piperidine rings is 1. The van der Waals surface area contributed by atoms with E-state index < -0.39 is 0 Å². The van der Waals surface area contributed by atoms with Crippen LogP contribution in [0.1, 0.15) is 44.1 Å². The molecule has 0 unspecified atom stereocenters. The highest BCUT2D eigenvalue weighted by atomic mass is 16.2. The molecule has 2 fully saturated rings. The van der Waals surface area contributed by atoms with Gasteiger partial charge in [0, 0.05) is 31.9 Å². The van der Waals surface area contributed by atoms with Crippen molar-refractivity contribution in [1.29, 1.82) is 0 Å². The lowest BCUT2D eigenvalue weighted by molar-refractivity contribution is -0.131. The summed E-state index contributed by atoms with van der Waals surface area (Å²) in [6.07, 6.45) is 11.3. The van der Waals surface area contributed by atoms with Crippen molar-refractivity contribution in [1.82, 2.24) is 14.8 Å². The Hall–Kier alpha value is -1.42. The number of hydrogen-bond acceptors (Lipinski definition) is 3. The maximum absolute atomic E-state index is 12.5. The number of carbonyl (C=O) groups is 1. The van der Waals surface area contributed by atoms with E-state index in [0.29, 0.717) is 17.7 Å². The van der Waals surface area contributed by atoms with E-state index in [1.165, 1.54) is 45.2 Å². The van der Waals surface area contributed by atoms with E-state index in [4.69, 9.17) is 0 Å². The predicted octanol–water partition coefficient (Wildman–Crippen LogP) is 2.74. The van der Waals surface area contributed by atoms with Crippen molar-refractivity contribution in [3.05, 3.63) is 30.1 Å². The van der Waals surface area contributed by atoms with Gasteiger partial charge in [0.25, 0.3) is 0 Å². The molecule has 2 aliphatic heterocycles. The Bertz CT molecular complexity index is 509. The summed E-state index contributed by atoms with van der Waals surface area (Å²) in [5, 5.41) is 0. The van der Waals surface area contributed by atoms with Crippen LogP contribution < -0.4 is 0 Å². The van der Waals surface area contributed by atoms with Crippen LogP contribution in [0.3, 0.4) is 0 Å². The minimum atomic E-state index is 0.318. The van der Waals surface area contributed by atoms with Gasteiger partial charge in [-0.05, 0) is 75.7 Å². The van der Waals surface area contributed by atoms with Crippen LogP contribution >= 0.6 is 0 Å². The van der Waals surface area contributed by atoms with Crippen LogP contribution in [-0.4, -0.2) is 53.9 Å². The van der Waals surface area contributed by atoms with Gasteiger partial charge in [-0.1, -0.05) is 6.07 Å². The number of likely N-dealkylation sites (tertiary alicyclic amines) is 2. The SMILES string of the molecule is CN1CCC2(CCCN(C(=O)CCc3cccnc3)CC2)CC1. The maximum atomic E-state index is 12.5. The van der Waals surface area contributed by atoms with Crippen LogP contribution in [-0.2, 0) is 11.2 Å². The Morgan fingerprint density at radius 3 is 2.70 bits per heavy atom. The van der Waals surface area contributed by atoms with E-state index in [2.05, 4.69) is 27.9 Å². The number of hydrogen-bond donors (Lipinski definition) is 0. The van der Waals surface area contributed by atoms with Gasteiger partial charge in [-0.2, -0.15) is 0 Å². The minimum absolute atomic E-state index is 0.318. The number of carbonyl (C=O) groups excluding carboxylic acids is 1. The highest BCUT2D eigenvalue weighted by Crippen LogP contribution is 2.40. The number of rotatable bonds is 3. The summed E-state index contributed by atoms with van der Waals surface area (Å²) in [5.74, 6) is 0.318.